The van der Waals surface area contributed by atoms with Gasteiger partial charge in [-0.2, -0.15) is 0 Å². The van der Waals surface area contributed by atoms with Crippen molar-refractivity contribution in [3.05, 3.63) is 226 Å². The van der Waals surface area contributed by atoms with Crippen LogP contribution in [0.4, 0.5) is 5.69 Å². The molecule has 254 valence electrons. The fourth-order valence-corrected chi connectivity index (χ4v) is 10.8. The zero-order valence-electron chi connectivity index (χ0n) is 30.3. The topological polar surface area (TPSA) is 3.24 Å². The fraction of sp³-hybridized carbons (Fsp3) is 0.154. The van der Waals surface area contributed by atoms with Crippen LogP contribution in [0, 0.1) is 5.92 Å². The second-order valence-electron chi connectivity index (χ2n) is 15.9. The van der Waals surface area contributed by atoms with E-state index in [1.54, 1.807) is 0 Å². The third kappa shape index (κ3) is 4.08. The second-order valence-corrected chi connectivity index (χ2v) is 15.9. The van der Waals surface area contributed by atoms with Gasteiger partial charge in [0.1, 0.15) is 0 Å². The van der Waals surface area contributed by atoms with Gasteiger partial charge in [-0.1, -0.05) is 178 Å². The molecule has 0 fully saturated rings. The maximum atomic E-state index is 2.67. The van der Waals surface area contributed by atoms with Crippen LogP contribution in [0.25, 0.3) is 27.8 Å². The van der Waals surface area contributed by atoms with Crippen LogP contribution in [0.15, 0.2) is 187 Å². The molecule has 5 aliphatic rings. The molecule has 0 radical (unpaired) electrons. The first kappa shape index (κ1) is 30.7. The van der Waals surface area contributed by atoms with E-state index in [0.717, 1.165) is 12.8 Å². The minimum Gasteiger partial charge on any atom is -0.313 e. The molecule has 0 heterocycles. The Morgan fingerprint density at radius 2 is 1.17 bits per heavy atom. The van der Waals surface area contributed by atoms with Gasteiger partial charge in [0.25, 0.3) is 0 Å². The zero-order chi connectivity index (χ0) is 35.3. The molecule has 0 aliphatic heterocycles. The van der Waals surface area contributed by atoms with E-state index >= 15 is 0 Å². The summed E-state index contributed by atoms with van der Waals surface area (Å²) in [5, 5.41) is 0. The van der Waals surface area contributed by atoms with Crippen LogP contribution in [-0.4, -0.2) is 0 Å². The Kier molecular flexibility index (Phi) is 6.54. The number of hydrogen-bond acceptors (Lipinski definition) is 1. The number of allylic oxidation sites excluding steroid dienone is 7. The Bertz CT molecular complexity index is 2560. The molecule has 0 N–H and O–H groups in total. The van der Waals surface area contributed by atoms with Crippen LogP contribution >= 0.6 is 0 Å². The molecule has 1 heteroatoms. The Balaban J connectivity index is 1.21. The van der Waals surface area contributed by atoms with E-state index in [1.165, 1.54) is 83.9 Å². The number of nitrogens with zero attached hydrogens (tertiary/aromatic N) is 1. The molecule has 0 saturated heterocycles. The third-order valence-electron chi connectivity index (χ3n) is 13.1. The van der Waals surface area contributed by atoms with E-state index in [-0.39, 0.29) is 10.8 Å². The highest BCUT2D eigenvalue weighted by Gasteiger charge is 2.53. The summed E-state index contributed by atoms with van der Waals surface area (Å²) in [5.41, 5.74) is 19.9. The lowest BCUT2D eigenvalue weighted by Gasteiger charge is -2.38. The van der Waals surface area contributed by atoms with Gasteiger partial charge in [-0.25, -0.2) is 0 Å². The van der Waals surface area contributed by atoms with Crippen molar-refractivity contribution in [3.63, 3.8) is 0 Å². The quantitative estimate of drug-likeness (QED) is 0.179. The van der Waals surface area contributed by atoms with Gasteiger partial charge in [0.05, 0.1) is 11.1 Å². The monoisotopic (exact) mass is 679 g/mol. The molecule has 0 aromatic heterocycles. The van der Waals surface area contributed by atoms with Crippen molar-refractivity contribution in [2.24, 2.45) is 5.92 Å². The minimum absolute atomic E-state index is 0.0125. The van der Waals surface area contributed by atoms with E-state index < -0.39 is 0 Å². The smallest absolute Gasteiger partial charge is 0.0726 e. The molecule has 1 nitrogen and oxygen atoms in total. The molecule has 2 atom stereocenters. The molecule has 5 aliphatic carbocycles. The molecule has 6 aromatic rings. The maximum Gasteiger partial charge on any atom is 0.0726 e. The van der Waals surface area contributed by atoms with Gasteiger partial charge in [-0.05, 0) is 92.0 Å². The lowest BCUT2D eigenvalue weighted by molar-refractivity contribution is 0.392. The highest BCUT2D eigenvalue weighted by Crippen LogP contribution is 2.65. The summed E-state index contributed by atoms with van der Waals surface area (Å²) in [6.07, 6.45) is 14.3. The summed E-state index contributed by atoms with van der Waals surface area (Å²) in [6, 6.07) is 54.7. The Hall–Kier alpha value is -5.92. The molecule has 53 heavy (non-hydrogen) atoms. The normalized spacial score (nSPS) is 20.3. The predicted octanol–water partition coefficient (Wildman–Crippen LogP) is 12.7. The van der Waals surface area contributed by atoms with Gasteiger partial charge in [0, 0.05) is 28.4 Å². The standard InChI is InChI=1S/C52H41N/c1-51(2)42-24-11-6-20-37(42)40-32-31-35(33-47(40)51)53(48-29-15-10-19-36(48)34-17-4-3-5-18-34)49-30-16-28-46-50(49)41-23-9-14-27-45(41)52(46)43-25-12-7-21-38(43)39-22-8-13-26-44(39)52/h3-14,16-28,30-33,40,47H,15,29H2,1-2H3. The number of benzene rings is 6. The first-order chi connectivity index (χ1) is 26.1. The van der Waals surface area contributed by atoms with Crippen molar-refractivity contribution in [1.82, 2.24) is 0 Å². The van der Waals surface area contributed by atoms with Crippen molar-refractivity contribution in [2.75, 3.05) is 4.90 Å². The van der Waals surface area contributed by atoms with E-state index in [4.69, 9.17) is 0 Å². The fourth-order valence-electron chi connectivity index (χ4n) is 10.8. The summed E-state index contributed by atoms with van der Waals surface area (Å²) < 4.78 is 0. The number of fused-ring (bicyclic) bond motifs is 13. The average Bonchev–Trinajstić information content (AvgIpc) is 3.78. The zero-order valence-corrected chi connectivity index (χ0v) is 30.3. The predicted molar refractivity (Wildman–Crippen MR) is 220 cm³/mol. The van der Waals surface area contributed by atoms with Gasteiger partial charge < -0.3 is 4.90 Å². The van der Waals surface area contributed by atoms with Gasteiger partial charge in [-0.3, -0.25) is 0 Å². The van der Waals surface area contributed by atoms with Gasteiger partial charge in [0.2, 0.25) is 0 Å². The Morgan fingerprint density at radius 3 is 1.91 bits per heavy atom. The van der Waals surface area contributed by atoms with Crippen LogP contribution in [-0.2, 0) is 10.8 Å². The first-order valence-electron chi connectivity index (χ1n) is 19.3. The molecule has 11 rings (SSSR count). The third-order valence-corrected chi connectivity index (χ3v) is 13.1. The van der Waals surface area contributed by atoms with Crippen LogP contribution in [0.3, 0.4) is 0 Å². The largest absolute Gasteiger partial charge is 0.313 e. The summed E-state index contributed by atoms with van der Waals surface area (Å²) in [7, 11) is 0. The average molecular weight is 680 g/mol. The van der Waals surface area contributed by atoms with E-state index in [2.05, 4.69) is 195 Å². The summed E-state index contributed by atoms with van der Waals surface area (Å²) in [5.74, 6) is 0.726. The number of anilines is 1. The molecule has 0 bridgehead atoms. The highest BCUT2D eigenvalue weighted by atomic mass is 15.2. The molecule has 0 amide bonds. The molecule has 2 unspecified atom stereocenters. The summed E-state index contributed by atoms with van der Waals surface area (Å²) >= 11 is 0. The Morgan fingerprint density at radius 1 is 0.566 bits per heavy atom. The molecule has 0 saturated carbocycles. The van der Waals surface area contributed by atoms with Crippen molar-refractivity contribution >= 4 is 11.3 Å². The van der Waals surface area contributed by atoms with Crippen molar-refractivity contribution < 1.29 is 0 Å². The molecular weight excluding hydrogens is 639 g/mol. The Labute approximate surface area is 313 Å². The van der Waals surface area contributed by atoms with Crippen LogP contribution in [0.2, 0.25) is 0 Å². The molecule has 1 spiro atoms. The summed E-state index contributed by atoms with van der Waals surface area (Å²) in [4.78, 5) is 2.67. The van der Waals surface area contributed by atoms with Crippen LogP contribution < -0.4 is 4.90 Å². The van der Waals surface area contributed by atoms with E-state index in [0.29, 0.717) is 11.8 Å². The first-order valence-corrected chi connectivity index (χ1v) is 19.3. The lowest BCUT2D eigenvalue weighted by Crippen LogP contribution is -2.30. The van der Waals surface area contributed by atoms with E-state index in [1.807, 2.05) is 0 Å². The maximum absolute atomic E-state index is 2.67. The van der Waals surface area contributed by atoms with Crippen LogP contribution in [0.1, 0.15) is 71.6 Å². The van der Waals surface area contributed by atoms with Crippen molar-refractivity contribution in [1.29, 1.82) is 0 Å². The molecular formula is C52H41N. The number of hydrogen-bond donors (Lipinski definition) is 0. The lowest BCUT2D eigenvalue weighted by atomic mass is 9.70. The minimum atomic E-state index is -0.388. The number of rotatable bonds is 4. The molecule has 6 aromatic carbocycles. The van der Waals surface area contributed by atoms with Crippen molar-refractivity contribution in [2.45, 2.75) is 43.4 Å². The van der Waals surface area contributed by atoms with Gasteiger partial charge in [0.15, 0.2) is 0 Å². The SMILES string of the molecule is CC1(C)c2ccccc2C2C=CC(N(C3=C(c4ccccc4)C=CCC3)c3cccc4c3-c3ccccc3C43c4ccccc4-c4ccccc43)=CC21. The summed E-state index contributed by atoms with van der Waals surface area (Å²) in [6.45, 7) is 4.89. The van der Waals surface area contributed by atoms with Gasteiger partial charge >= 0.3 is 0 Å². The van der Waals surface area contributed by atoms with Crippen molar-refractivity contribution in [3.8, 4) is 22.3 Å². The van der Waals surface area contributed by atoms with E-state index in [9.17, 15) is 0 Å². The van der Waals surface area contributed by atoms with Crippen LogP contribution in [0.5, 0.6) is 0 Å². The highest BCUT2D eigenvalue weighted by molar-refractivity contribution is 6.00. The van der Waals surface area contributed by atoms with Gasteiger partial charge in [-0.15, -0.1) is 0 Å². The second kappa shape index (κ2) is 11.3.